The summed E-state index contributed by atoms with van der Waals surface area (Å²) >= 11 is 14.6. The first-order valence-electron chi connectivity index (χ1n) is 13.9. The lowest BCUT2D eigenvalue weighted by Crippen LogP contribution is -2.12. The van der Waals surface area contributed by atoms with Gasteiger partial charge in [0.1, 0.15) is 5.69 Å². The standard InChI is InChI=1S/C30H37Cl2N5O4S/c1-18(38)41-13-7-8-21-22-10-11-23(32)26(28(22)36(3)29(21)30(39)40-4)27-24(35-37-12-6-5-9-25(27)37)17-42-16-19(33)14-20(15-31)34-2/h10-11,14,33-34H,5-9,12-13,15-17H2,1-4H3/b20-14-,33-19?. The van der Waals surface area contributed by atoms with Crippen LogP contribution in [0.25, 0.3) is 22.0 Å². The Kier molecular flexibility index (Phi) is 11.0. The van der Waals surface area contributed by atoms with Gasteiger partial charge >= 0.3 is 11.9 Å². The number of rotatable bonds is 13. The normalized spacial score (nSPS) is 13.2. The quantitative estimate of drug-likeness (QED) is 0.104. The third kappa shape index (κ3) is 6.82. The Bertz CT molecular complexity index is 1520. The first-order chi connectivity index (χ1) is 20.2. The van der Waals surface area contributed by atoms with Crippen molar-refractivity contribution < 1.29 is 19.1 Å². The SMILES string of the molecule is CN/C(=C\C(=N)CSCc1nn2c(c1-c1c(Cl)ccc3c(CCCOC(C)=O)c(C(=O)OC)n(C)c13)CCCC2)CCl. The summed E-state index contributed by atoms with van der Waals surface area (Å²) in [5.74, 6) is 0.650. The number of carbonyl (C=O) groups is 2. The molecule has 2 aromatic heterocycles. The molecule has 226 valence electrons. The van der Waals surface area contributed by atoms with Gasteiger partial charge in [0.25, 0.3) is 0 Å². The van der Waals surface area contributed by atoms with Crippen LogP contribution in [-0.4, -0.2) is 64.4 Å². The first-order valence-corrected chi connectivity index (χ1v) is 16.0. The van der Waals surface area contributed by atoms with Crippen LogP contribution in [-0.2, 0) is 46.5 Å². The Balaban J connectivity index is 1.80. The van der Waals surface area contributed by atoms with Gasteiger partial charge in [0, 0.05) is 72.7 Å². The monoisotopic (exact) mass is 633 g/mol. The molecule has 0 atom stereocenters. The van der Waals surface area contributed by atoms with Gasteiger partial charge in [-0.1, -0.05) is 17.7 Å². The first kappa shape index (κ1) is 32.0. The molecule has 0 saturated carbocycles. The molecule has 1 aromatic carbocycles. The van der Waals surface area contributed by atoms with E-state index in [1.54, 1.807) is 24.9 Å². The number of nitrogens with zero attached hydrogens (tertiary/aromatic N) is 3. The van der Waals surface area contributed by atoms with Crippen LogP contribution >= 0.6 is 35.0 Å². The highest BCUT2D eigenvalue weighted by molar-refractivity contribution is 7.99. The fourth-order valence-electron chi connectivity index (χ4n) is 5.53. The Morgan fingerprint density at radius 2 is 2.05 bits per heavy atom. The molecule has 4 rings (SSSR count). The van der Waals surface area contributed by atoms with Crippen LogP contribution in [0.4, 0.5) is 0 Å². The number of benzene rings is 1. The summed E-state index contributed by atoms with van der Waals surface area (Å²) in [4.78, 5) is 24.3. The Labute approximate surface area is 260 Å². The van der Waals surface area contributed by atoms with Crippen molar-refractivity contribution in [3.05, 3.63) is 51.6 Å². The van der Waals surface area contributed by atoms with E-state index in [9.17, 15) is 9.59 Å². The van der Waals surface area contributed by atoms with E-state index >= 15 is 0 Å². The molecule has 12 heteroatoms. The van der Waals surface area contributed by atoms with Gasteiger partial charge in [-0.25, -0.2) is 4.79 Å². The highest BCUT2D eigenvalue weighted by atomic mass is 35.5. The number of carbonyl (C=O) groups excluding carboxylic acids is 2. The molecule has 0 bridgehead atoms. The highest BCUT2D eigenvalue weighted by Gasteiger charge is 2.29. The third-order valence-electron chi connectivity index (χ3n) is 7.39. The lowest BCUT2D eigenvalue weighted by Gasteiger charge is -2.16. The summed E-state index contributed by atoms with van der Waals surface area (Å²) < 4.78 is 14.3. The van der Waals surface area contributed by atoms with E-state index in [4.69, 9.17) is 43.2 Å². The van der Waals surface area contributed by atoms with Gasteiger partial charge in [-0.05, 0) is 49.8 Å². The number of aryl methyl sites for hydroxylation is 3. The Morgan fingerprint density at radius 1 is 1.26 bits per heavy atom. The molecule has 3 heterocycles. The Morgan fingerprint density at radius 3 is 2.74 bits per heavy atom. The maximum absolute atomic E-state index is 13.1. The van der Waals surface area contributed by atoms with Crippen LogP contribution in [0.15, 0.2) is 23.9 Å². The smallest absolute Gasteiger partial charge is 0.354 e. The number of hydrogen-bond donors (Lipinski definition) is 2. The number of methoxy groups -OCH3 is 1. The molecule has 42 heavy (non-hydrogen) atoms. The van der Waals surface area contributed by atoms with Crippen molar-refractivity contribution in [3.8, 4) is 11.1 Å². The predicted molar refractivity (Wildman–Crippen MR) is 170 cm³/mol. The maximum atomic E-state index is 13.1. The second kappa shape index (κ2) is 14.5. The maximum Gasteiger partial charge on any atom is 0.354 e. The van der Waals surface area contributed by atoms with Gasteiger partial charge in [0.05, 0.1) is 35.8 Å². The summed E-state index contributed by atoms with van der Waals surface area (Å²) in [6, 6.07) is 3.83. The van der Waals surface area contributed by atoms with Gasteiger partial charge in [-0.3, -0.25) is 9.48 Å². The molecule has 1 aliphatic rings. The van der Waals surface area contributed by atoms with Crippen LogP contribution < -0.4 is 5.32 Å². The number of fused-ring (bicyclic) bond motifs is 2. The van der Waals surface area contributed by atoms with E-state index in [0.717, 1.165) is 70.5 Å². The molecule has 0 aliphatic carbocycles. The van der Waals surface area contributed by atoms with Gasteiger partial charge in [-0.2, -0.15) is 5.10 Å². The molecule has 0 fully saturated rings. The molecule has 0 radical (unpaired) electrons. The predicted octanol–water partition coefficient (Wildman–Crippen LogP) is 5.91. The number of hydrogen-bond acceptors (Lipinski definition) is 8. The second-order valence-electron chi connectivity index (χ2n) is 10.2. The van der Waals surface area contributed by atoms with E-state index in [-0.39, 0.29) is 12.6 Å². The fourth-order valence-corrected chi connectivity index (χ4v) is 6.79. The van der Waals surface area contributed by atoms with Crippen molar-refractivity contribution in [1.82, 2.24) is 19.7 Å². The highest BCUT2D eigenvalue weighted by Crippen LogP contribution is 2.43. The van der Waals surface area contributed by atoms with Crippen molar-refractivity contribution in [3.63, 3.8) is 0 Å². The average Bonchev–Trinajstić information content (AvgIpc) is 3.48. The molecule has 9 nitrogen and oxygen atoms in total. The molecule has 0 saturated heterocycles. The molecule has 0 amide bonds. The molecule has 0 unspecified atom stereocenters. The van der Waals surface area contributed by atoms with Crippen molar-refractivity contribution in [2.75, 3.05) is 32.4 Å². The molecule has 2 N–H and O–H groups in total. The number of aromatic nitrogens is 3. The number of thioether (sulfide) groups is 1. The summed E-state index contributed by atoms with van der Waals surface area (Å²) in [6.07, 6.45) is 5.84. The van der Waals surface area contributed by atoms with Crippen LogP contribution in [0.2, 0.25) is 5.02 Å². The number of halogens is 2. The minimum atomic E-state index is -0.435. The number of alkyl halides is 1. The topological polar surface area (TPSA) is 111 Å². The molecule has 3 aromatic rings. The molecular weight excluding hydrogens is 597 g/mol. The lowest BCUT2D eigenvalue weighted by molar-refractivity contribution is -0.141. The Hall–Kier alpha value is -2.95. The summed E-state index contributed by atoms with van der Waals surface area (Å²) in [7, 11) is 5.03. The van der Waals surface area contributed by atoms with E-state index in [2.05, 4.69) is 10.00 Å². The van der Waals surface area contributed by atoms with Gasteiger partial charge in [-0.15, -0.1) is 23.4 Å². The third-order valence-corrected chi connectivity index (χ3v) is 8.98. The number of allylic oxidation sites excluding steroid dienone is 2. The van der Waals surface area contributed by atoms with Crippen LogP contribution in [0.5, 0.6) is 0 Å². The van der Waals surface area contributed by atoms with E-state index in [1.165, 1.54) is 14.0 Å². The largest absolute Gasteiger partial charge is 0.466 e. The van der Waals surface area contributed by atoms with Crippen molar-refractivity contribution in [2.24, 2.45) is 7.05 Å². The zero-order valence-electron chi connectivity index (χ0n) is 24.4. The van der Waals surface area contributed by atoms with Crippen LogP contribution in [0.3, 0.4) is 0 Å². The number of esters is 2. The minimum Gasteiger partial charge on any atom is -0.466 e. The van der Waals surface area contributed by atoms with Gasteiger partial charge < -0.3 is 24.8 Å². The lowest BCUT2D eigenvalue weighted by atomic mass is 9.95. The zero-order chi connectivity index (χ0) is 30.4. The number of nitrogens with one attached hydrogen (secondary N) is 2. The van der Waals surface area contributed by atoms with Crippen molar-refractivity contribution >= 4 is 63.5 Å². The summed E-state index contributed by atoms with van der Waals surface area (Å²) in [5.41, 5.74) is 7.30. The molecule has 1 aliphatic heterocycles. The molecule has 0 spiro atoms. The van der Waals surface area contributed by atoms with Crippen LogP contribution in [0.1, 0.15) is 53.6 Å². The molecular formula is C30H37Cl2N5O4S. The van der Waals surface area contributed by atoms with Crippen LogP contribution in [0, 0.1) is 5.41 Å². The van der Waals surface area contributed by atoms with Crippen molar-refractivity contribution in [1.29, 1.82) is 5.41 Å². The van der Waals surface area contributed by atoms with Gasteiger partial charge in [0.2, 0.25) is 0 Å². The average molecular weight is 635 g/mol. The fraction of sp³-hybridized carbons (Fsp3) is 0.467. The van der Waals surface area contributed by atoms with Gasteiger partial charge in [0.15, 0.2) is 0 Å². The van der Waals surface area contributed by atoms with E-state index in [0.29, 0.717) is 46.7 Å². The number of ether oxygens (including phenoxy) is 2. The minimum absolute atomic E-state index is 0.260. The van der Waals surface area contributed by atoms with E-state index < -0.39 is 5.97 Å². The zero-order valence-corrected chi connectivity index (χ0v) is 26.8. The summed E-state index contributed by atoms with van der Waals surface area (Å²) in [5, 5.41) is 17.9. The van der Waals surface area contributed by atoms with Crippen molar-refractivity contribution in [2.45, 2.75) is 51.3 Å². The van der Waals surface area contributed by atoms with E-state index in [1.807, 2.05) is 23.7 Å². The summed E-state index contributed by atoms with van der Waals surface area (Å²) in [6.45, 7) is 2.48. The second-order valence-corrected chi connectivity index (χ2v) is 11.8.